The van der Waals surface area contributed by atoms with Crippen molar-refractivity contribution in [1.82, 2.24) is 5.43 Å². The van der Waals surface area contributed by atoms with E-state index in [9.17, 15) is 14.9 Å². The first-order valence-electron chi connectivity index (χ1n) is 7.44. The molecule has 0 bridgehead atoms. The molecule has 0 fully saturated rings. The lowest BCUT2D eigenvalue weighted by Gasteiger charge is -2.09. The molecule has 0 spiro atoms. The molecule has 0 aliphatic carbocycles. The van der Waals surface area contributed by atoms with E-state index in [-0.39, 0.29) is 18.1 Å². The number of benzene rings is 2. The van der Waals surface area contributed by atoms with Crippen LogP contribution in [0.1, 0.15) is 16.7 Å². The molecule has 130 valence electrons. The van der Waals surface area contributed by atoms with Gasteiger partial charge in [-0.15, -0.1) is 0 Å². The average Bonchev–Trinajstić information content (AvgIpc) is 2.55. The number of hydrogen-bond acceptors (Lipinski definition) is 5. The van der Waals surface area contributed by atoms with Gasteiger partial charge >= 0.3 is 0 Å². The molecule has 0 aliphatic heterocycles. The molecule has 0 atom stereocenters. The molecule has 0 saturated carbocycles. The van der Waals surface area contributed by atoms with E-state index in [2.05, 4.69) is 15.8 Å². The molecule has 0 radical (unpaired) electrons. The van der Waals surface area contributed by atoms with Crippen molar-refractivity contribution in [3.05, 3.63) is 68.2 Å². The van der Waals surface area contributed by atoms with Crippen molar-refractivity contribution in [2.24, 2.45) is 5.10 Å². The van der Waals surface area contributed by atoms with Gasteiger partial charge in [0, 0.05) is 28.4 Å². The monoisotopic (exact) mass is 360 g/mol. The SMILES string of the molecule is Cc1ccc(NCC(=O)NN=Cc2cc([N+](=O)[O-])ccc2Cl)c(C)c1. The molecule has 2 rings (SSSR count). The number of non-ortho nitro benzene ring substituents is 1. The highest BCUT2D eigenvalue weighted by Crippen LogP contribution is 2.20. The molecule has 8 heteroatoms. The molecule has 1 amide bonds. The maximum absolute atomic E-state index is 11.8. The number of amides is 1. The minimum absolute atomic E-state index is 0.0455. The van der Waals surface area contributed by atoms with Gasteiger partial charge in [-0.25, -0.2) is 5.43 Å². The van der Waals surface area contributed by atoms with Crippen molar-refractivity contribution >= 4 is 35.1 Å². The molecule has 25 heavy (non-hydrogen) atoms. The van der Waals surface area contributed by atoms with Crippen LogP contribution in [0.3, 0.4) is 0 Å². The van der Waals surface area contributed by atoms with Crippen LogP contribution in [0.5, 0.6) is 0 Å². The largest absolute Gasteiger partial charge is 0.376 e. The molecule has 0 heterocycles. The van der Waals surface area contributed by atoms with Crippen LogP contribution in [-0.4, -0.2) is 23.6 Å². The van der Waals surface area contributed by atoms with E-state index in [1.54, 1.807) is 0 Å². The van der Waals surface area contributed by atoms with E-state index in [4.69, 9.17) is 11.6 Å². The molecule has 2 N–H and O–H groups in total. The highest BCUT2D eigenvalue weighted by Gasteiger charge is 2.08. The number of anilines is 1. The van der Waals surface area contributed by atoms with Crippen LogP contribution >= 0.6 is 11.6 Å². The number of carbonyl (C=O) groups is 1. The molecule has 7 nitrogen and oxygen atoms in total. The first kappa shape index (κ1) is 18.4. The molecule has 0 saturated heterocycles. The van der Waals surface area contributed by atoms with Gasteiger partial charge in [-0.05, 0) is 31.5 Å². The number of nitro benzene ring substituents is 1. The van der Waals surface area contributed by atoms with E-state index >= 15 is 0 Å². The molecule has 2 aromatic carbocycles. The first-order chi connectivity index (χ1) is 11.9. The minimum atomic E-state index is -0.528. The van der Waals surface area contributed by atoms with Gasteiger partial charge in [-0.3, -0.25) is 14.9 Å². The zero-order valence-corrected chi connectivity index (χ0v) is 14.5. The Morgan fingerprint density at radius 2 is 2.04 bits per heavy atom. The van der Waals surface area contributed by atoms with Crippen molar-refractivity contribution in [2.75, 3.05) is 11.9 Å². The second-order valence-corrected chi connectivity index (χ2v) is 5.84. The van der Waals surface area contributed by atoms with E-state index in [1.165, 1.54) is 24.4 Å². The summed E-state index contributed by atoms with van der Waals surface area (Å²) in [5.74, 6) is -0.349. The lowest BCUT2D eigenvalue weighted by molar-refractivity contribution is -0.384. The van der Waals surface area contributed by atoms with E-state index < -0.39 is 4.92 Å². The summed E-state index contributed by atoms with van der Waals surface area (Å²) in [7, 11) is 0. The van der Waals surface area contributed by atoms with Gasteiger partial charge in [-0.1, -0.05) is 29.3 Å². The number of hydrogen-bond donors (Lipinski definition) is 2. The van der Waals surface area contributed by atoms with Gasteiger partial charge in [0.05, 0.1) is 17.7 Å². The van der Waals surface area contributed by atoms with Crippen LogP contribution in [0.25, 0.3) is 0 Å². The number of rotatable bonds is 6. The Balaban J connectivity index is 1.92. The number of nitrogens with one attached hydrogen (secondary N) is 2. The second kappa shape index (κ2) is 8.25. The van der Waals surface area contributed by atoms with Gasteiger partial charge in [0.15, 0.2) is 0 Å². The average molecular weight is 361 g/mol. The van der Waals surface area contributed by atoms with Crippen LogP contribution in [0, 0.1) is 24.0 Å². The summed E-state index contributed by atoms with van der Waals surface area (Å²) in [6.07, 6.45) is 1.27. The summed E-state index contributed by atoms with van der Waals surface area (Å²) >= 11 is 5.95. The van der Waals surface area contributed by atoms with Crippen molar-refractivity contribution in [1.29, 1.82) is 0 Å². The quantitative estimate of drug-likeness (QED) is 0.468. The fraction of sp³-hybridized carbons (Fsp3) is 0.176. The maximum Gasteiger partial charge on any atom is 0.270 e. The van der Waals surface area contributed by atoms with Crippen LogP contribution in [0.4, 0.5) is 11.4 Å². The topological polar surface area (TPSA) is 96.6 Å². The van der Waals surface area contributed by atoms with Gasteiger partial charge in [-0.2, -0.15) is 5.10 Å². The molecular formula is C17H17ClN4O3. The predicted octanol–water partition coefficient (Wildman–Crippen LogP) is 3.43. The van der Waals surface area contributed by atoms with Gasteiger partial charge < -0.3 is 5.32 Å². The highest BCUT2D eigenvalue weighted by molar-refractivity contribution is 6.33. The van der Waals surface area contributed by atoms with Crippen LogP contribution in [0.15, 0.2) is 41.5 Å². The van der Waals surface area contributed by atoms with Crippen molar-refractivity contribution in [2.45, 2.75) is 13.8 Å². The number of nitrogens with zero attached hydrogens (tertiary/aromatic N) is 2. The van der Waals surface area contributed by atoms with E-state index in [0.29, 0.717) is 10.6 Å². The summed E-state index contributed by atoms with van der Waals surface area (Å²) in [6, 6.07) is 9.87. The first-order valence-corrected chi connectivity index (χ1v) is 7.81. The Labute approximate surface area is 149 Å². The Morgan fingerprint density at radius 1 is 1.28 bits per heavy atom. The zero-order valence-electron chi connectivity index (χ0n) is 13.7. The highest BCUT2D eigenvalue weighted by atomic mass is 35.5. The Hall–Kier alpha value is -2.93. The fourth-order valence-corrected chi connectivity index (χ4v) is 2.31. The lowest BCUT2D eigenvalue weighted by atomic mass is 10.1. The normalized spacial score (nSPS) is 10.7. The molecule has 2 aromatic rings. The van der Waals surface area contributed by atoms with Crippen LogP contribution in [-0.2, 0) is 4.79 Å². The summed E-state index contributed by atoms with van der Waals surface area (Å²) in [6.45, 7) is 4.00. The summed E-state index contributed by atoms with van der Waals surface area (Å²) in [5, 5.41) is 17.9. The zero-order chi connectivity index (χ0) is 18.4. The predicted molar refractivity (Wildman–Crippen MR) is 98.2 cm³/mol. The molecule has 0 aliphatic rings. The van der Waals surface area contributed by atoms with Gasteiger partial charge in [0.25, 0.3) is 11.6 Å². The standard InChI is InChI=1S/C17H17ClN4O3/c1-11-3-6-16(12(2)7-11)19-10-17(23)21-20-9-13-8-14(22(24)25)4-5-15(13)18/h3-9,19H,10H2,1-2H3,(H,21,23). The summed E-state index contributed by atoms with van der Waals surface area (Å²) < 4.78 is 0. The number of halogens is 1. The number of hydrazone groups is 1. The summed E-state index contributed by atoms with van der Waals surface area (Å²) in [4.78, 5) is 22.0. The molecule has 0 unspecified atom stereocenters. The number of aryl methyl sites for hydroxylation is 2. The number of carbonyl (C=O) groups excluding carboxylic acids is 1. The molecular weight excluding hydrogens is 344 g/mol. The number of nitro groups is 1. The van der Waals surface area contributed by atoms with E-state index in [0.717, 1.165) is 16.8 Å². The van der Waals surface area contributed by atoms with Crippen LogP contribution in [0.2, 0.25) is 5.02 Å². The smallest absolute Gasteiger partial charge is 0.270 e. The second-order valence-electron chi connectivity index (χ2n) is 5.43. The van der Waals surface area contributed by atoms with Crippen LogP contribution < -0.4 is 10.7 Å². The van der Waals surface area contributed by atoms with Crippen molar-refractivity contribution in [3.63, 3.8) is 0 Å². The van der Waals surface area contributed by atoms with Crippen molar-refractivity contribution in [3.8, 4) is 0 Å². The third-order valence-corrected chi connectivity index (χ3v) is 3.75. The third-order valence-electron chi connectivity index (χ3n) is 3.40. The summed E-state index contributed by atoms with van der Waals surface area (Å²) in [5.41, 5.74) is 5.64. The molecule has 0 aromatic heterocycles. The lowest BCUT2D eigenvalue weighted by Crippen LogP contribution is -2.26. The van der Waals surface area contributed by atoms with E-state index in [1.807, 2.05) is 32.0 Å². The van der Waals surface area contributed by atoms with Crippen molar-refractivity contribution < 1.29 is 9.72 Å². The fourth-order valence-electron chi connectivity index (χ4n) is 2.14. The maximum atomic E-state index is 11.8. The third kappa shape index (κ3) is 5.29. The Morgan fingerprint density at radius 3 is 2.72 bits per heavy atom. The van der Waals surface area contributed by atoms with Gasteiger partial charge in [0.2, 0.25) is 0 Å². The Bertz CT molecular complexity index is 837. The minimum Gasteiger partial charge on any atom is -0.376 e. The van der Waals surface area contributed by atoms with Gasteiger partial charge in [0.1, 0.15) is 0 Å². The Kier molecular flexibility index (Phi) is 6.08.